The van der Waals surface area contributed by atoms with Gasteiger partial charge in [-0.15, -0.1) is 10.2 Å². The van der Waals surface area contributed by atoms with Crippen LogP contribution in [0.15, 0.2) is 12.4 Å². The molecule has 2 aromatic heterocycles. The van der Waals surface area contributed by atoms with Crippen LogP contribution in [0, 0.1) is 0 Å². The van der Waals surface area contributed by atoms with Crippen LogP contribution in [0.4, 0.5) is 11.6 Å². The SMILES string of the molecule is CCc1nc(NN)cc(NCc2nncn2CC)n1. The van der Waals surface area contributed by atoms with E-state index < -0.39 is 0 Å². The van der Waals surface area contributed by atoms with Crippen molar-refractivity contribution in [3.63, 3.8) is 0 Å². The summed E-state index contributed by atoms with van der Waals surface area (Å²) in [5.74, 6) is 8.28. The molecule has 2 rings (SSSR count). The molecule has 0 saturated heterocycles. The first-order chi connectivity index (χ1) is 9.26. The van der Waals surface area contributed by atoms with Gasteiger partial charge < -0.3 is 15.3 Å². The summed E-state index contributed by atoms with van der Waals surface area (Å²) in [6.07, 6.45) is 2.46. The van der Waals surface area contributed by atoms with Gasteiger partial charge in [0.2, 0.25) is 0 Å². The Balaban J connectivity index is 2.10. The highest BCUT2D eigenvalue weighted by atomic mass is 15.3. The summed E-state index contributed by atoms with van der Waals surface area (Å²) in [5, 5.41) is 11.1. The predicted molar refractivity (Wildman–Crippen MR) is 72.2 cm³/mol. The van der Waals surface area contributed by atoms with Crippen LogP contribution in [0.3, 0.4) is 0 Å². The third-order valence-electron chi connectivity index (χ3n) is 2.70. The van der Waals surface area contributed by atoms with Crippen LogP contribution in [-0.4, -0.2) is 24.7 Å². The van der Waals surface area contributed by atoms with Crippen molar-refractivity contribution in [1.82, 2.24) is 24.7 Å². The van der Waals surface area contributed by atoms with E-state index >= 15 is 0 Å². The predicted octanol–water partition coefficient (Wildman–Crippen LogP) is 0.548. The van der Waals surface area contributed by atoms with Crippen molar-refractivity contribution in [3.8, 4) is 0 Å². The molecule has 0 radical (unpaired) electrons. The topological polar surface area (TPSA) is 107 Å². The summed E-state index contributed by atoms with van der Waals surface area (Å²) in [6.45, 7) is 5.43. The van der Waals surface area contributed by atoms with E-state index in [9.17, 15) is 0 Å². The second kappa shape index (κ2) is 6.10. The molecule has 8 heteroatoms. The van der Waals surface area contributed by atoms with E-state index in [-0.39, 0.29) is 0 Å². The van der Waals surface area contributed by atoms with Gasteiger partial charge in [-0.25, -0.2) is 15.8 Å². The van der Waals surface area contributed by atoms with Crippen LogP contribution in [0.2, 0.25) is 0 Å². The minimum absolute atomic E-state index is 0.554. The summed E-state index contributed by atoms with van der Waals surface area (Å²) < 4.78 is 1.97. The number of hydrogen-bond donors (Lipinski definition) is 3. The molecule has 0 aliphatic heterocycles. The van der Waals surface area contributed by atoms with E-state index in [4.69, 9.17) is 5.84 Å². The average Bonchev–Trinajstić information content (AvgIpc) is 2.92. The lowest BCUT2D eigenvalue weighted by Gasteiger charge is -2.09. The molecule has 0 bridgehead atoms. The Morgan fingerprint density at radius 2 is 2.05 bits per heavy atom. The zero-order valence-corrected chi connectivity index (χ0v) is 11.1. The molecule has 8 nitrogen and oxygen atoms in total. The standard InChI is InChI=1S/C11H18N8/c1-3-8-15-9(5-10(16-8)17-12)13-6-11-18-14-7-19(11)4-2/h5,7H,3-4,6,12H2,1-2H3,(H2,13,15,16,17). The van der Waals surface area contributed by atoms with Gasteiger partial charge >= 0.3 is 0 Å². The smallest absolute Gasteiger partial charge is 0.152 e. The summed E-state index contributed by atoms with van der Waals surface area (Å²) in [5.41, 5.74) is 2.53. The molecule has 0 aliphatic rings. The highest BCUT2D eigenvalue weighted by Crippen LogP contribution is 2.11. The first-order valence-electron chi connectivity index (χ1n) is 6.22. The molecule has 0 saturated carbocycles. The van der Waals surface area contributed by atoms with E-state index in [1.165, 1.54) is 0 Å². The Labute approximate surface area is 111 Å². The van der Waals surface area contributed by atoms with Crippen LogP contribution in [-0.2, 0) is 19.5 Å². The molecular weight excluding hydrogens is 244 g/mol. The number of rotatable bonds is 6. The third kappa shape index (κ3) is 3.16. The number of nitrogen functional groups attached to an aromatic ring is 1. The first-order valence-corrected chi connectivity index (χ1v) is 6.22. The Kier molecular flexibility index (Phi) is 4.24. The molecule has 0 fully saturated rings. The van der Waals surface area contributed by atoms with Gasteiger partial charge in [0.1, 0.15) is 23.8 Å². The molecule has 19 heavy (non-hydrogen) atoms. The van der Waals surface area contributed by atoms with Gasteiger partial charge in [0.05, 0.1) is 6.54 Å². The summed E-state index contributed by atoms with van der Waals surface area (Å²) in [4.78, 5) is 8.61. The lowest BCUT2D eigenvalue weighted by Crippen LogP contribution is -2.13. The van der Waals surface area contributed by atoms with Crippen molar-refractivity contribution in [2.24, 2.45) is 5.84 Å². The van der Waals surface area contributed by atoms with Crippen molar-refractivity contribution in [1.29, 1.82) is 0 Å². The number of nitrogens with one attached hydrogen (secondary N) is 2. The molecule has 0 spiro atoms. The third-order valence-corrected chi connectivity index (χ3v) is 2.70. The maximum absolute atomic E-state index is 5.38. The van der Waals surface area contributed by atoms with Crippen LogP contribution in [0.25, 0.3) is 0 Å². The molecule has 0 aliphatic carbocycles. The Bertz CT molecular complexity index is 513. The number of anilines is 2. The minimum Gasteiger partial charge on any atom is -0.363 e. The minimum atomic E-state index is 0.554. The number of aryl methyl sites for hydroxylation is 2. The maximum Gasteiger partial charge on any atom is 0.152 e. The van der Waals surface area contributed by atoms with E-state index in [2.05, 4.69) is 30.9 Å². The monoisotopic (exact) mass is 262 g/mol. The van der Waals surface area contributed by atoms with Crippen molar-refractivity contribution < 1.29 is 0 Å². The fourth-order valence-corrected chi connectivity index (χ4v) is 1.67. The molecular formula is C11H18N8. The van der Waals surface area contributed by atoms with Gasteiger partial charge in [-0.05, 0) is 6.92 Å². The molecule has 2 aromatic rings. The van der Waals surface area contributed by atoms with Crippen LogP contribution >= 0.6 is 0 Å². The second-order valence-electron chi connectivity index (χ2n) is 3.94. The maximum atomic E-state index is 5.38. The van der Waals surface area contributed by atoms with E-state index in [0.717, 1.165) is 24.6 Å². The van der Waals surface area contributed by atoms with Gasteiger partial charge in [-0.2, -0.15) is 0 Å². The molecule has 102 valence electrons. The molecule has 0 atom stereocenters. The van der Waals surface area contributed by atoms with Crippen molar-refractivity contribution in [2.75, 3.05) is 10.7 Å². The molecule has 2 heterocycles. The Hall–Kier alpha value is -2.22. The van der Waals surface area contributed by atoms with Gasteiger partial charge in [0.25, 0.3) is 0 Å². The van der Waals surface area contributed by atoms with E-state index in [0.29, 0.717) is 18.2 Å². The van der Waals surface area contributed by atoms with Crippen LogP contribution < -0.4 is 16.6 Å². The first kappa shape index (κ1) is 13.2. The molecule has 0 amide bonds. The van der Waals surface area contributed by atoms with E-state index in [1.54, 1.807) is 12.4 Å². The summed E-state index contributed by atoms with van der Waals surface area (Å²) in [7, 11) is 0. The van der Waals surface area contributed by atoms with Crippen molar-refractivity contribution in [3.05, 3.63) is 24.0 Å². The van der Waals surface area contributed by atoms with Crippen molar-refractivity contribution in [2.45, 2.75) is 33.4 Å². The fraction of sp³-hybridized carbons (Fsp3) is 0.455. The number of nitrogens with two attached hydrogens (primary N) is 1. The summed E-state index contributed by atoms with van der Waals surface area (Å²) in [6, 6.07) is 1.76. The molecule has 0 aromatic carbocycles. The van der Waals surface area contributed by atoms with Gasteiger partial charge in [-0.1, -0.05) is 6.92 Å². The zero-order valence-electron chi connectivity index (χ0n) is 11.1. The quantitative estimate of drug-likeness (QED) is 0.515. The lowest BCUT2D eigenvalue weighted by atomic mass is 10.4. The highest BCUT2D eigenvalue weighted by Gasteiger charge is 2.05. The number of hydrogen-bond acceptors (Lipinski definition) is 7. The summed E-state index contributed by atoms with van der Waals surface area (Å²) >= 11 is 0. The van der Waals surface area contributed by atoms with Gasteiger partial charge in [-0.3, -0.25) is 0 Å². The normalized spacial score (nSPS) is 10.5. The lowest BCUT2D eigenvalue weighted by molar-refractivity contribution is 0.707. The molecule has 4 N–H and O–H groups in total. The van der Waals surface area contributed by atoms with Crippen molar-refractivity contribution >= 4 is 11.6 Å². The second-order valence-corrected chi connectivity index (χ2v) is 3.94. The van der Waals surface area contributed by atoms with E-state index in [1.807, 2.05) is 18.4 Å². The fourth-order valence-electron chi connectivity index (χ4n) is 1.67. The molecule has 0 unspecified atom stereocenters. The zero-order chi connectivity index (χ0) is 13.7. The van der Waals surface area contributed by atoms with Gasteiger partial charge in [0.15, 0.2) is 5.82 Å². The number of aromatic nitrogens is 5. The number of hydrazine groups is 1. The Morgan fingerprint density at radius 1 is 1.26 bits per heavy atom. The van der Waals surface area contributed by atoms with Crippen LogP contribution in [0.5, 0.6) is 0 Å². The van der Waals surface area contributed by atoms with Gasteiger partial charge in [0, 0.05) is 19.0 Å². The number of nitrogens with zero attached hydrogens (tertiary/aromatic N) is 5. The Morgan fingerprint density at radius 3 is 2.74 bits per heavy atom. The highest BCUT2D eigenvalue weighted by molar-refractivity contribution is 5.46. The average molecular weight is 262 g/mol. The van der Waals surface area contributed by atoms with Crippen LogP contribution in [0.1, 0.15) is 25.5 Å². The largest absolute Gasteiger partial charge is 0.363 e.